The van der Waals surface area contributed by atoms with E-state index < -0.39 is 18.5 Å². The van der Waals surface area contributed by atoms with Gasteiger partial charge in [0, 0.05) is 23.3 Å². The van der Waals surface area contributed by atoms with Crippen LogP contribution in [-0.2, 0) is 9.47 Å². The first-order valence-corrected chi connectivity index (χ1v) is 6.42. The molecule has 106 valence electrons. The highest BCUT2D eigenvalue weighted by Crippen LogP contribution is 2.38. The van der Waals surface area contributed by atoms with Gasteiger partial charge in [0.05, 0.1) is 11.8 Å². The number of ether oxygens (including phenoxy) is 2. The van der Waals surface area contributed by atoms with Gasteiger partial charge in [-0.2, -0.15) is 0 Å². The number of esters is 1. The summed E-state index contributed by atoms with van der Waals surface area (Å²) in [5.74, 6) is -0.574. The molecule has 1 aliphatic heterocycles. The lowest BCUT2D eigenvalue weighted by molar-refractivity contribution is -0.194. The van der Waals surface area contributed by atoms with Crippen molar-refractivity contribution >= 4 is 17.1 Å². The van der Waals surface area contributed by atoms with Crippen LogP contribution >= 0.6 is 0 Å². The number of nitrogens with one attached hydrogen (secondary N) is 1. The smallest absolute Gasteiger partial charge is 0.357 e. The van der Waals surface area contributed by atoms with Crippen LogP contribution in [0.5, 0.6) is 0 Å². The molecule has 6 heteroatoms. The van der Waals surface area contributed by atoms with Crippen LogP contribution in [0.4, 0.5) is 0 Å². The number of aromatic nitrogens is 1. The zero-order valence-corrected chi connectivity index (χ0v) is 10.8. The molecule has 0 amide bonds. The minimum atomic E-state index is -1.08. The highest BCUT2D eigenvalue weighted by molar-refractivity contribution is 5.93. The molecule has 0 spiro atoms. The third-order valence-electron chi connectivity index (χ3n) is 3.44. The van der Waals surface area contributed by atoms with Gasteiger partial charge in [0.1, 0.15) is 5.69 Å². The Kier molecular flexibility index (Phi) is 2.60. The molecule has 2 unspecified atom stereocenters. The van der Waals surface area contributed by atoms with Gasteiger partial charge in [-0.25, -0.2) is 4.79 Å². The number of H-pyrrole nitrogens is 1. The Balaban J connectivity index is 1.59. The molecular formula is C15H11NO5. The predicted octanol–water partition coefficient (Wildman–Crippen LogP) is 2.64. The van der Waals surface area contributed by atoms with Gasteiger partial charge in [0.25, 0.3) is 0 Å². The standard InChI is InChI=1S/C15H11NO5/c17-13-8-3-1-2-4-9(8)15(20-13)21-14(18)11-7-12-10(16-11)5-6-19-12/h1-7,13,15-17H. The van der Waals surface area contributed by atoms with Crippen LogP contribution in [0.3, 0.4) is 0 Å². The third kappa shape index (κ3) is 1.93. The molecule has 0 radical (unpaired) electrons. The molecule has 2 atom stereocenters. The number of aliphatic hydroxyl groups is 1. The average Bonchev–Trinajstić information content (AvgIpc) is 3.14. The number of carbonyl (C=O) groups excluding carboxylic acids is 1. The fourth-order valence-corrected chi connectivity index (χ4v) is 2.42. The number of furan rings is 1. The molecule has 4 rings (SSSR count). The molecule has 0 aliphatic carbocycles. The molecular weight excluding hydrogens is 274 g/mol. The van der Waals surface area contributed by atoms with Crippen molar-refractivity contribution in [1.82, 2.24) is 4.98 Å². The van der Waals surface area contributed by atoms with Crippen LogP contribution in [0, 0.1) is 0 Å². The maximum absolute atomic E-state index is 12.1. The second-order valence-corrected chi connectivity index (χ2v) is 4.74. The van der Waals surface area contributed by atoms with E-state index >= 15 is 0 Å². The fraction of sp³-hybridized carbons (Fsp3) is 0.133. The Morgan fingerprint density at radius 2 is 2.05 bits per heavy atom. The van der Waals surface area contributed by atoms with Crippen LogP contribution < -0.4 is 0 Å². The Labute approximate surface area is 118 Å². The van der Waals surface area contributed by atoms with Crippen LogP contribution in [-0.4, -0.2) is 16.1 Å². The first-order chi connectivity index (χ1) is 10.2. The summed E-state index contributed by atoms with van der Waals surface area (Å²) < 4.78 is 15.7. The van der Waals surface area contributed by atoms with Crippen molar-refractivity contribution in [1.29, 1.82) is 0 Å². The Bertz CT molecular complexity index is 790. The topological polar surface area (TPSA) is 84.7 Å². The maximum atomic E-state index is 12.1. The Morgan fingerprint density at radius 1 is 1.24 bits per heavy atom. The van der Waals surface area contributed by atoms with E-state index in [1.54, 1.807) is 36.4 Å². The predicted molar refractivity (Wildman–Crippen MR) is 71.2 cm³/mol. The third-order valence-corrected chi connectivity index (χ3v) is 3.44. The van der Waals surface area contributed by atoms with E-state index in [4.69, 9.17) is 13.9 Å². The zero-order chi connectivity index (χ0) is 14.4. The van der Waals surface area contributed by atoms with Crippen molar-refractivity contribution in [2.24, 2.45) is 0 Å². The number of benzene rings is 1. The highest BCUT2D eigenvalue weighted by atomic mass is 16.7. The number of carbonyl (C=O) groups is 1. The molecule has 0 fully saturated rings. The highest BCUT2D eigenvalue weighted by Gasteiger charge is 2.33. The molecule has 21 heavy (non-hydrogen) atoms. The lowest BCUT2D eigenvalue weighted by Gasteiger charge is -2.12. The number of aliphatic hydroxyl groups excluding tert-OH is 1. The van der Waals surface area contributed by atoms with Gasteiger partial charge in [-0.15, -0.1) is 0 Å². The Morgan fingerprint density at radius 3 is 2.86 bits per heavy atom. The molecule has 1 aliphatic rings. The van der Waals surface area contributed by atoms with Gasteiger partial charge in [0.2, 0.25) is 6.29 Å². The average molecular weight is 285 g/mol. The SMILES string of the molecule is O=C(OC1OC(O)c2ccccc21)c1cc2occc2[nH]1. The molecule has 3 heterocycles. The molecule has 2 aromatic heterocycles. The number of fused-ring (bicyclic) bond motifs is 2. The molecule has 6 nitrogen and oxygen atoms in total. The van der Waals surface area contributed by atoms with Crippen molar-refractivity contribution in [3.8, 4) is 0 Å². The molecule has 3 aromatic rings. The van der Waals surface area contributed by atoms with Crippen molar-refractivity contribution in [2.45, 2.75) is 12.6 Å². The number of aromatic amines is 1. The second-order valence-electron chi connectivity index (χ2n) is 4.74. The minimum Gasteiger partial charge on any atom is -0.463 e. The van der Waals surface area contributed by atoms with Crippen LogP contribution in [0.25, 0.3) is 11.1 Å². The summed E-state index contributed by atoms with van der Waals surface area (Å²) in [4.78, 5) is 15.0. The summed E-state index contributed by atoms with van der Waals surface area (Å²) >= 11 is 0. The van der Waals surface area contributed by atoms with Crippen LogP contribution in [0.1, 0.15) is 34.2 Å². The molecule has 0 bridgehead atoms. The monoisotopic (exact) mass is 285 g/mol. The van der Waals surface area contributed by atoms with Crippen molar-refractivity contribution in [2.75, 3.05) is 0 Å². The van der Waals surface area contributed by atoms with E-state index in [0.717, 1.165) is 5.52 Å². The van der Waals surface area contributed by atoms with E-state index in [9.17, 15) is 9.90 Å². The van der Waals surface area contributed by atoms with E-state index in [1.165, 1.54) is 6.26 Å². The van der Waals surface area contributed by atoms with E-state index in [1.807, 2.05) is 0 Å². The van der Waals surface area contributed by atoms with Gasteiger partial charge < -0.3 is 24.0 Å². The number of hydrogen-bond donors (Lipinski definition) is 2. The molecule has 0 saturated carbocycles. The second kappa shape index (κ2) is 4.47. The first-order valence-electron chi connectivity index (χ1n) is 6.42. The number of hydrogen-bond acceptors (Lipinski definition) is 5. The van der Waals surface area contributed by atoms with Gasteiger partial charge >= 0.3 is 5.97 Å². The largest absolute Gasteiger partial charge is 0.463 e. The van der Waals surface area contributed by atoms with Crippen LogP contribution in [0.15, 0.2) is 47.1 Å². The summed E-state index contributed by atoms with van der Waals surface area (Å²) in [5, 5.41) is 9.78. The molecule has 2 N–H and O–H groups in total. The fourth-order valence-electron chi connectivity index (χ4n) is 2.42. The van der Waals surface area contributed by atoms with Crippen molar-refractivity contribution < 1.29 is 23.8 Å². The summed E-state index contributed by atoms with van der Waals surface area (Å²) in [6.45, 7) is 0. The maximum Gasteiger partial charge on any atom is 0.357 e. The lowest BCUT2D eigenvalue weighted by Crippen LogP contribution is -2.11. The summed E-state index contributed by atoms with van der Waals surface area (Å²) in [6.07, 6.45) is -0.472. The normalized spacial score (nSPS) is 20.6. The summed E-state index contributed by atoms with van der Waals surface area (Å²) in [5.41, 5.74) is 2.82. The quantitative estimate of drug-likeness (QED) is 0.707. The van der Waals surface area contributed by atoms with Gasteiger partial charge in [-0.05, 0) is 0 Å². The van der Waals surface area contributed by atoms with Crippen molar-refractivity contribution in [3.05, 3.63) is 59.5 Å². The summed E-state index contributed by atoms with van der Waals surface area (Å²) in [6, 6.07) is 10.4. The summed E-state index contributed by atoms with van der Waals surface area (Å²) in [7, 11) is 0. The minimum absolute atomic E-state index is 0.270. The zero-order valence-electron chi connectivity index (χ0n) is 10.8. The van der Waals surface area contributed by atoms with Gasteiger partial charge in [0.15, 0.2) is 11.9 Å². The van der Waals surface area contributed by atoms with Crippen molar-refractivity contribution in [3.63, 3.8) is 0 Å². The Hall–Kier alpha value is -2.57. The number of rotatable bonds is 2. The van der Waals surface area contributed by atoms with E-state index in [0.29, 0.717) is 16.7 Å². The van der Waals surface area contributed by atoms with E-state index in [2.05, 4.69) is 4.98 Å². The molecule has 1 aromatic carbocycles. The molecule has 0 saturated heterocycles. The van der Waals surface area contributed by atoms with Crippen LogP contribution in [0.2, 0.25) is 0 Å². The lowest BCUT2D eigenvalue weighted by atomic mass is 10.1. The van der Waals surface area contributed by atoms with Gasteiger partial charge in [-0.3, -0.25) is 0 Å². The first kappa shape index (κ1) is 12.2. The van der Waals surface area contributed by atoms with Gasteiger partial charge in [-0.1, -0.05) is 24.3 Å². The van der Waals surface area contributed by atoms with E-state index in [-0.39, 0.29) is 5.69 Å².